The van der Waals surface area contributed by atoms with Gasteiger partial charge in [-0.3, -0.25) is 9.59 Å². The molecule has 136 valence electrons. The number of carbonyl (C=O) groups excluding carboxylic acids is 2. The highest BCUT2D eigenvalue weighted by Crippen LogP contribution is 2.30. The molecule has 1 aliphatic rings. The summed E-state index contributed by atoms with van der Waals surface area (Å²) in [5.74, 6) is 0.590. The van der Waals surface area contributed by atoms with Gasteiger partial charge in [-0.1, -0.05) is 12.1 Å². The number of rotatable bonds is 5. The minimum atomic E-state index is -0.418. The number of amides is 2. The maximum atomic E-state index is 12.7. The average Bonchev–Trinajstić information content (AvgIpc) is 3.04. The third-order valence-corrected chi connectivity index (χ3v) is 4.47. The molecule has 3 rings (SSSR count). The Bertz CT molecular complexity index is 834. The molecule has 0 spiro atoms. The highest BCUT2D eigenvalue weighted by molar-refractivity contribution is 6.04. The summed E-state index contributed by atoms with van der Waals surface area (Å²) >= 11 is 0. The van der Waals surface area contributed by atoms with Crippen LogP contribution in [0.25, 0.3) is 0 Å². The normalized spacial score (nSPS) is 16.5. The fourth-order valence-corrected chi connectivity index (χ4v) is 3.07. The molecule has 0 unspecified atom stereocenters. The quantitative estimate of drug-likeness (QED) is 0.896. The number of anilines is 2. The maximum absolute atomic E-state index is 12.7. The molecule has 1 fully saturated rings. The second-order valence-electron chi connectivity index (χ2n) is 6.30. The van der Waals surface area contributed by atoms with E-state index in [4.69, 9.17) is 9.47 Å². The van der Waals surface area contributed by atoms with E-state index in [0.717, 1.165) is 11.3 Å². The number of benzene rings is 2. The van der Waals surface area contributed by atoms with Crippen molar-refractivity contribution in [2.24, 2.45) is 5.92 Å². The lowest BCUT2D eigenvalue weighted by Gasteiger charge is -2.18. The first-order chi connectivity index (χ1) is 12.5. The van der Waals surface area contributed by atoms with Gasteiger partial charge in [0.25, 0.3) is 0 Å². The van der Waals surface area contributed by atoms with Crippen molar-refractivity contribution >= 4 is 23.2 Å². The van der Waals surface area contributed by atoms with Crippen LogP contribution in [0.15, 0.2) is 42.5 Å². The number of nitrogens with one attached hydrogen (secondary N) is 1. The minimum absolute atomic E-state index is 0.0744. The van der Waals surface area contributed by atoms with Gasteiger partial charge in [-0.25, -0.2) is 0 Å². The van der Waals surface area contributed by atoms with Gasteiger partial charge in [0.15, 0.2) is 0 Å². The summed E-state index contributed by atoms with van der Waals surface area (Å²) in [6.07, 6.45) is 0.178. The van der Waals surface area contributed by atoms with Crippen LogP contribution in [0, 0.1) is 12.8 Å². The van der Waals surface area contributed by atoms with Crippen LogP contribution in [0.1, 0.15) is 12.0 Å². The van der Waals surface area contributed by atoms with Crippen molar-refractivity contribution in [3.63, 3.8) is 0 Å². The van der Waals surface area contributed by atoms with Crippen molar-refractivity contribution in [3.05, 3.63) is 48.0 Å². The molecule has 1 N–H and O–H groups in total. The Labute approximate surface area is 152 Å². The van der Waals surface area contributed by atoms with Crippen LogP contribution in [0.3, 0.4) is 0 Å². The summed E-state index contributed by atoms with van der Waals surface area (Å²) in [7, 11) is 3.14. The third kappa shape index (κ3) is 3.64. The van der Waals surface area contributed by atoms with E-state index in [1.54, 1.807) is 25.2 Å². The van der Waals surface area contributed by atoms with Gasteiger partial charge < -0.3 is 19.7 Å². The monoisotopic (exact) mass is 354 g/mol. The molecule has 0 radical (unpaired) electrons. The van der Waals surface area contributed by atoms with Crippen LogP contribution >= 0.6 is 0 Å². The smallest absolute Gasteiger partial charge is 0.229 e. The van der Waals surface area contributed by atoms with Crippen molar-refractivity contribution in [1.29, 1.82) is 0 Å². The number of aryl methyl sites for hydroxylation is 1. The number of carbonyl (C=O) groups is 2. The van der Waals surface area contributed by atoms with Gasteiger partial charge in [-0.05, 0) is 36.8 Å². The summed E-state index contributed by atoms with van der Waals surface area (Å²) in [6.45, 7) is 2.28. The summed E-state index contributed by atoms with van der Waals surface area (Å²) < 4.78 is 10.5. The molecular weight excluding hydrogens is 332 g/mol. The molecule has 26 heavy (non-hydrogen) atoms. The van der Waals surface area contributed by atoms with Crippen LogP contribution in [0.2, 0.25) is 0 Å². The van der Waals surface area contributed by atoms with E-state index < -0.39 is 5.92 Å². The molecule has 0 aromatic heterocycles. The highest BCUT2D eigenvalue weighted by Gasteiger charge is 2.35. The molecule has 1 atom stereocenters. The maximum Gasteiger partial charge on any atom is 0.229 e. The van der Waals surface area contributed by atoms with Crippen molar-refractivity contribution in [1.82, 2.24) is 0 Å². The lowest BCUT2D eigenvalue weighted by Crippen LogP contribution is -2.28. The van der Waals surface area contributed by atoms with Gasteiger partial charge in [0, 0.05) is 24.7 Å². The molecule has 6 heteroatoms. The highest BCUT2D eigenvalue weighted by atomic mass is 16.5. The third-order valence-electron chi connectivity index (χ3n) is 4.47. The van der Waals surface area contributed by atoms with Crippen LogP contribution in [-0.2, 0) is 9.59 Å². The van der Waals surface area contributed by atoms with Crippen LogP contribution in [0.4, 0.5) is 11.4 Å². The summed E-state index contributed by atoms with van der Waals surface area (Å²) in [4.78, 5) is 26.7. The van der Waals surface area contributed by atoms with Gasteiger partial charge in [0.05, 0.1) is 25.8 Å². The predicted octanol–water partition coefficient (Wildman–Crippen LogP) is 3.00. The molecule has 1 saturated heterocycles. The Morgan fingerprint density at radius 2 is 1.96 bits per heavy atom. The SMILES string of the molecule is COc1cccc(N2C[C@@H](C(=O)Nc3cc(C)ccc3OC)CC2=O)c1. The van der Waals surface area contributed by atoms with Crippen molar-refractivity contribution in [3.8, 4) is 11.5 Å². The number of methoxy groups -OCH3 is 2. The number of hydrogen-bond donors (Lipinski definition) is 1. The Morgan fingerprint density at radius 3 is 2.69 bits per heavy atom. The lowest BCUT2D eigenvalue weighted by atomic mass is 10.1. The van der Waals surface area contributed by atoms with E-state index in [1.807, 2.05) is 43.3 Å². The first kappa shape index (κ1) is 17.8. The van der Waals surface area contributed by atoms with Gasteiger partial charge in [-0.2, -0.15) is 0 Å². The van der Waals surface area contributed by atoms with Crippen molar-refractivity contribution in [2.75, 3.05) is 31.0 Å². The molecule has 6 nitrogen and oxygen atoms in total. The summed E-state index contributed by atoms with van der Waals surface area (Å²) in [6, 6.07) is 12.9. The molecule has 1 aliphatic heterocycles. The summed E-state index contributed by atoms with van der Waals surface area (Å²) in [5.41, 5.74) is 2.36. The Balaban J connectivity index is 1.74. The van der Waals surface area contributed by atoms with E-state index in [9.17, 15) is 9.59 Å². The van der Waals surface area contributed by atoms with Crippen molar-refractivity contribution in [2.45, 2.75) is 13.3 Å². The average molecular weight is 354 g/mol. The van der Waals surface area contributed by atoms with E-state index in [0.29, 0.717) is 23.7 Å². The number of ether oxygens (including phenoxy) is 2. The first-order valence-corrected chi connectivity index (χ1v) is 8.41. The van der Waals surface area contributed by atoms with Gasteiger partial charge >= 0.3 is 0 Å². The zero-order valence-electron chi connectivity index (χ0n) is 15.1. The molecule has 0 saturated carbocycles. The molecule has 2 amide bonds. The van der Waals surface area contributed by atoms with Crippen LogP contribution < -0.4 is 19.7 Å². The first-order valence-electron chi connectivity index (χ1n) is 8.41. The molecule has 1 heterocycles. The summed E-state index contributed by atoms with van der Waals surface area (Å²) in [5, 5.41) is 2.89. The number of nitrogens with zero attached hydrogens (tertiary/aromatic N) is 1. The lowest BCUT2D eigenvalue weighted by molar-refractivity contribution is -0.122. The fraction of sp³-hybridized carbons (Fsp3) is 0.300. The predicted molar refractivity (Wildman–Crippen MR) is 99.8 cm³/mol. The van der Waals surface area contributed by atoms with E-state index in [2.05, 4.69) is 5.32 Å². The fourth-order valence-electron chi connectivity index (χ4n) is 3.07. The van der Waals surface area contributed by atoms with Crippen LogP contribution in [-0.4, -0.2) is 32.6 Å². The van der Waals surface area contributed by atoms with E-state index in [1.165, 1.54) is 0 Å². The second-order valence-corrected chi connectivity index (χ2v) is 6.30. The topological polar surface area (TPSA) is 67.9 Å². The molecule has 0 bridgehead atoms. The minimum Gasteiger partial charge on any atom is -0.497 e. The van der Waals surface area contributed by atoms with Gasteiger partial charge in [-0.15, -0.1) is 0 Å². The van der Waals surface area contributed by atoms with Crippen molar-refractivity contribution < 1.29 is 19.1 Å². The Kier molecular flexibility index (Phi) is 5.11. The second kappa shape index (κ2) is 7.47. The Hall–Kier alpha value is -3.02. The number of hydrogen-bond acceptors (Lipinski definition) is 4. The zero-order chi connectivity index (χ0) is 18.7. The van der Waals surface area contributed by atoms with E-state index >= 15 is 0 Å². The zero-order valence-corrected chi connectivity index (χ0v) is 15.1. The standard InChI is InChI=1S/C20H22N2O4/c1-13-7-8-18(26-3)17(9-13)21-20(24)14-10-19(23)22(12-14)15-5-4-6-16(11-15)25-2/h4-9,11,14H,10,12H2,1-3H3,(H,21,24)/t14-/m0/s1. The molecule has 0 aliphatic carbocycles. The van der Waals surface area contributed by atoms with Gasteiger partial charge in [0.2, 0.25) is 11.8 Å². The van der Waals surface area contributed by atoms with E-state index in [-0.39, 0.29) is 18.2 Å². The molecule has 2 aromatic carbocycles. The van der Waals surface area contributed by atoms with Crippen LogP contribution in [0.5, 0.6) is 11.5 Å². The molecule has 2 aromatic rings. The van der Waals surface area contributed by atoms with Gasteiger partial charge in [0.1, 0.15) is 11.5 Å². The molecular formula is C20H22N2O4. The Morgan fingerprint density at radius 1 is 1.15 bits per heavy atom. The largest absolute Gasteiger partial charge is 0.497 e.